The number of likely N-dealkylation sites (N-methyl/N-ethyl adjacent to an activating group) is 1. The van der Waals surface area contributed by atoms with Gasteiger partial charge in [-0.3, -0.25) is 4.79 Å². The monoisotopic (exact) mass is 521 g/mol. The minimum atomic E-state index is -3.78. The second-order valence-electron chi connectivity index (χ2n) is 9.24. The Labute approximate surface area is 212 Å². The van der Waals surface area contributed by atoms with Gasteiger partial charge in [0.2, 0.25) is 15.9 Å². The number of aryl methyl sites for hydroxylation is 1. The number of benzene rings is 2. The second-order valence-corrected chi connectivity index (χ2v) is 11.6. The van der Waals surface area contributed by atoms with E-state index in [-0.39, 0.29) is 43.5 Å². The smallest absolute Gasteiger partial charge is 0.243 e. The largest absolute Gasteiger partial charge is 0.490 e. The van der Waals surface area contributed by atoms with Crippen molar-refractivity contribution < 1.29 is 22.7 Å². The minimum absolute atomic E-state index is 0.0176. The van der Waals surface area contributed by atoms with Crippen LogP contribution < -0.4 is 4.74 Å². The van der Waals surface area contributed by atoms with Crippen molar-refractivity contribution in [3.8, 4) is 5.75 Å². The molecule has 2 aliphatic rings. The van der Waals surface area contributed by atoms with E-state index in [1.807, 2.05) is 18.0 Å². The van der Waals surface area contributed by atoms with Crippen LogP contribution in [0.1, 0.15) is 12.0 Å². The summed E-state index contributed by atoms with van der Waals surface area (Å²) in [7, 11) is -1.75. The molecule has 2 fully saturated rings. The van der Waals surface area contributed by atoms with E-state index >= 15 is 0 Å². The number of carbonyl (C=O) groups is 1. The number of hydrogen-bond donors (Lipinski definition) is 0. The molecule has 2 heterocycles. The van der Waals surface area contributed by atoms with E-state index in [0.717, 1.165) is 13.1 Å². The molecule has 0 aromatic heterocycles. The maximum absolute atomic E-state index is 13.5. The Bertz CT molecular complexity index is 1150. The summed E-state index contributed by atoms with van der Waals surface area (Å²) in [4.78, 5) is 17.6. The van der Waals surface area contributed by atoms with E-state index in [1.165, 1.54) is 4.31 Å². The molecule has 10 heteroatoms. The Hall–Kier alpha value is -2.17. The first-order chi connectivity index (χ1) is 16.7. The predicted molar refractivity (Wildman–Crippen MR) is 134 cm³/mol. The van der Waals surface area contributed by atoms with Crippen molar-refractivity contribution >= 4 is 27.5 Å². The third-order valence-corrected chi connectivity index (χ3v) is 8.79. The number of morpholine rings is 1. The van der Waals surface area contributed by atoms with Gasteiger partial charge in [-0.25, -0.2) is 8.42 Å². The quantitative estimate of drug-likeness (QED) is 0.557. The molecule has 0 radical (unpaired) electrons. The summed E-state index contributed by atoms with van der Waals surface area (Å²) in [5.74, 6) is 0.467. The Balaban J connectivity index is 1.58. The number of nitrogens with zero attached hydrogens (tertiary/aromatic N) is 3. The average molecular weight is 522 g/mol. The normalized spacial score (nSPS) is 22.2. The third kappa shape index (κ3) is 6.16. The van der Waals surface area contributed by atoms with Gasteiger partial charge in [0, 0.05) is 44.3 Å². The summed E-state index contributed by atoms with van der Waals surface area (Å²) >= 11 is 6.10. The van der Waals surface area contributed by atoms with Crippen LogP contribution in [0.3, 0.4) is 0 Å². The molecular weight excluding hydrogens is 490 g/mol. The standard InChI is InChI=1S/C25H32ClN3O5S/c1-20-6-3-4-9-23(20)35(31,32)29-14-15-34-25(18-29,19-33-22-8-5-7-21(26)16-22)17-24(30)28-12-10-27(2)11-13-28/h3-9,16H,10-15,17-19H2,1-2H3. The highest BCUT2D eigenvalue weighted by molar-refractivity contribution is 7.89. The lowest BCUT2D eigenvalue weighted by atomic mass is 9.97. The number of sulfonamides is 1. The fourth-order valence-electron chi connectivity index (χ4n) is 4.46. The van der Waals surface area contributed by atoms with Gasteiger partial charge in [0.15, 0.2) is 0 Å². The predicted octanol–water partition coefficient (Wildman–Crippen LogP) is 2.65. The lowest BCUT2D eigenvalue weighted by molar-refractivity contribution is -0.151. The number of ether oxygens (including phenoxy) is 2. The Morgan fingerprint density at radius 2 is 1.83 bits per heavy atom. The number of hydrogen-bond acceptors (Lipinski definition) is 6. The summed E-state index contributed by atoms with van der Waals surface area (Å²) in [6.07, 6.45) is 0.0249. The van der Waals surface area contributed by atoms with Gasteiger partial charge in [0.25, 0.3) is 0 Å². The molecule has 1 atom stereocenters. The first-order valence-corrected chi connectivity index (χ1v) is 13.5. The molecule has 4 rings (SSSR count). The number of piperazine rings is 1. The molecule has 2 aliphatic heterocycles. The van der Waals surface area contributed by atoms with Crippen molar-refractivity contribution in [2.24, 2.45) is 0 Å². The molecule has 2 saturated heterocycles. The fourth-order valence-corrected chi connectivity index (χ4v) is 6.36. The van der Waals surface area contributed by atoms with E-state index in [0.29, 0.717) is 29.4 Å². The molecular formula is C25H32ClN3O5S. The van der Waals surface area contributed by atoms with Crippen molar-refractivity contribution in [3.05, 3.63) is 59.1 Å². The van der Waals surface area contributed by atoms with Gasteiger partial charge in [-0.1, -0.05) is 35.9 Å². The first-order valence-electron chi connectivity index (χ1n) is 11.7. The van der Waals surface area contributed by atoms with Gasteiger partial charge < -0.3 is 19.3 Å². The molecule has 0 spiro atoms. The zero-order valence-electron chi connectivity index (χ0n) is 20.2. The van der Waals surface area contributed by atoms with Crippen LogP contribution in [0.2, 0.25) is 5.02 Å². The number of rotatable bonds is 7. The lowest BCUT2D eigenvalue weighted by Crippen LogP contribution is -2.59. The number of amides is 1. The molecule has 8 nitrogen and oxygen atoms in total. The Kier molecular flexibility index (Phi) is 8.02. The van der Waals surface area contributed by atoms with Crippen molar-refractivity contribution in [2.45, 2.75) is 23.8 Å². The van der Waals surface area contributed by atoms with Crippen LogP contribution in [0.5, 0.6) is 5.75 Å². The van der Waals surface area contributed by atoms with Crippen molar-refractivity contribution in [1.29, 1.82) is 0 Å². The van der Waals surface area contributed by atoms with Crippen molar-refractivity contribution in [1.82, 2.24) is 14.1 Å². The molecule has 0 N–H and O–H groups in total. The van der Waals surface area contributed by atoms with Gasteiger partial charge in [-0.15, -0.1) is 0 Å². The summed E-state index contributed by atoms with van der Waals surface area (Å²) in [5.41, 5.74) is -0.454. The maximum atomic E-state index is 13.5. The van der Waals surface area contributed by atoms with Crippen LogP contribution in [0.15, 0.2) is 53.4 Å². The highest BCUT2D eigenvalue weighted by Gasteiger charge is 2.44. The number of halogens is 1. The van der Waals surface area contributed by atoms with Gasteiger partial charge >= 0.3 is 0 Å². The fraction of sp³-hybridized carbons (Fsp3) is 0.480. The first kappa shape index (κ1) is 25.9. The second kappa shape index (κ2) is 10.8. The third-order valence-electron chi connectivity index (χ3n) is 6.55. The summed E-state index contributed by atoms with van der Waals surface area (Å²) in [6.45, 7) is 5.05. The maximum Gasteiger partial charge on any atom is 0.243 e. The van der Waals surface area contributed by atoms with Crippen LogP contribution in [0.25, 0.3) is 0 Å². The number of carbonyl (C=O) groups excluding carboxylic acids is 1. The van der Waals surface area contributed by atoms with Crippen molar-refractivity contribution in [2.75, 3.05) is 59.5 Å². The minimum Gasteiger partial charge on any atom is -0.490 e. The van der Waals surface area contributed by atoms with E-state index in [1.54, 1.807) is 49.4 Å². The van der Waals surface area contributed by atoms with Crippen LogP contribution in [0, 0.1) is 6.92 Å². The topological polar surface area (TPSA) is 79.4 Å². The zero-order chi connectivity index (χ0) is 25.1. The lowest BCUT2D eigenvalue weighted by Gasteiger charge is -2.43. The Morgan fingerprint density at radius 1 is 1.09 bits per heavy atom. The van der Waals surface area contributed by atoms with E-state index < -0.39 is 15.6 Å². The molecule has 0 aliphatic carbocycles. The van der Waals surface area contributed by atoms with E-state index in [2.05, 4.69) is 4.90 Å². The molecule has 190 valence electrons. The molecule has 1 unspecified atom stereocenters. The highest BCUT2D eigenvalue weighted by atomic mass is 35.5. The van der Waals surface area contributed by atoms with Gasteiger partial charge in [0.1, 0.15) is 18.0 Å². The van der Waals surface area contributed by atoms with Gasteiger partial charge in [0.05, 0.1) is 17.9 Å². The average Bonchev–Trinajstić information content (AvgIpc) is 2.83. The molecule has 1 amide bonds. The van der Waals surface area contributed by atoms with Crippen LogP contribution in [-0.2, 0) is 19.6 Å². The molecule has 2 aromatic rings. The van der Waals surface area contributed by atoms with Crippen molar-refractivity contribution in [3.63, 3.8) is 0 Å². The van der Waals surface area contributed by atoms with E-state index in [9.17, 15) is 13.2 Å². The Morgan fingerprint density at radius 3 is 2.54 bits per heavy atom. The summed E-state index contributed by atoms with van der Waals surface area (Å²) in [5, 5.41) is 0.526. The van der Waals surface area contributed by atoms with Gasteiger partial charge in [-0.2, -0.15) is 4.31 Å². The highest BCUT2D eigenvalue weighted by Crippen LogP contribution is 2.30. The molecule has 35 heavy (non-hydrogen) atoms. The zero-order valence-corrected chi connectivity index (χ0v) is 21.7. The summed E-state index contributed by atoms with van der Waals surface area (Å²) in [6, 6.07) is 13.9. The van der Waals surface area contributed by atoms with Gasteiger partial charge in [-0.05, 0) is 43.8 Å². The van der Waals surface area contributed by atoms with Crippen LogP contribution in [0.4, 0.5) is 0 Å². The molecule has 0 bridgehead atoms. The van der Waals surface area contributed by atoms with Crippen LogP contribution in [-0.4, -0.2) is 93.6 Å². The SMILES string of the molecule is Cc1ccccc1S(=O)(=O)N1CCOC(COc2cccc(Cl)c2)(CC(=O)N2CCN(C)CC2)C1. The molecule has 2 aromatic carbocycles. The van der Waals surface area contributed by atoms with E-state index in [4.69, 9.17) is 21.1 Å². The van der Waals surface area contributed by atoms with Crippen LogP contribution >= 0.6 is 11.6 Å². The molecule has 0 saturated carbocycles. The summed E-state index contributed by atoms with van der Waals surface area (Å²) < 4.78 is 40.7.